The molecule has 98 valence electrons. The van der Waals surface area contributed by atoms with Crippen molar-refractivity contribution in [2.75, 3.05) is 13.1 Å². The molecule has 0 aliphatic rings. The molecule has 3 nitrogen and oxygen atoms in total. The van der Waals surface area contributed by atoms with Gasteiger partial charge in [-0.1, -0.05) is 40.5 Å². The summed E-state index contributed by atoms with van der Waals surface area (Å²) < 4.78 is 0. The maximum atomic E-state index is 10.1. The molecule has 3 N–H and O–H groups in total. The molecule has 1 unspecified atom stereocenters. The number of aliphatic hydroxyl groups is 2. The summed E-state index contributed by atoms with van der Waals surface area (Å²) in [6, 6.07) is 0. The fraction of sp³-hybridized carbons (Fsp3) is 1.00. The predicted molar refractivity (Wildman–Crippen MR) is 68.5 cm³/mol. The van der Waals surface area contributed by atoms with Gasteiger partial charge in [-0.25, -0.2) is 0 Å². The molecule has 0 aromatic carbocycles. The van der Waals surface area contributed by atoms with Crippen molar-refractivity contribution in [3.8, 4) is 0 Å². The van der Waals surface area contributed by atoms with Crippen LogP contribution in [-0.2, 0) is 0 Å². The van der Waals surface area contributed by atoms with Crippen LogP contribution in [0.1, 0.15) is 53.4 Å². The van der Waals surface area contributed by atoms with Gasteiger partial charge in [0.15, 0.2) is 0 Å². The molecule has 0 fully saturated rings. The molecule has 16 heavy (non-hydrogen) atoms. The molecule has 0 aromatic heterocycles. The summed E-state index contributed by atoms with van der Waals surface area (Å²) in [6.45, 7) is 9.33. The third-order valence-corrected chi connectivity index (χ3v) is 3.72. The first-order chi connectivity index (χ1) is 7.52. The lowest BCUT2D eigenvalue weighted by Gasteiger charge is -2.27. The maximum absolute atomic E-state index is 10.1. The second-order valence-corrected chi connectivity index (χ2v) is 4.71. The minimum Gasteiger partial charge on any atom is -0.392 e. The van der Waals surface area contributed by atoms with E-state index in [1.807, 2.05) is 13.8 Å². The summed E-state index contributed by atoms with van der Waals surface area (Å²) in [5.41, 5.74) is -0.617. The van der Waals surface area contributed by atoms with Crippen molar-refractivity contribution < 1.29 is 10.2 Å². The van der Waals surface area contributed by atoms with Crippen molar-refractivity contribution >= 4 is 0 Å². The second-order valence-electron chi connectivity index (χ2n) is 4.71. The van der Waals surface area contributed by atoms with Gasteiger partial charge >= 0.3 is 0 Å². The average molecular weight is 231 g/mol. The van der Waals surface area contributed by atoms with Crippen LogP contribution in [0.2, 0.25) is 0 Å². The Morgan fingerprint density at radius 1 is 1.06 bits per heavy atom. The molecule has 0 saturated heterocycles. The molecule has 3 heteroatoms. The number of hydrogen-bond donors (Lipinski definition) is 3. The molecule has 0 spiro atoms. The molecule has 0 amide bonds. The standard InChI is InChI=1S/C13H29NO2/c1-5-11(6-2)12(15)9-14-10-13(16,7-3)8-4/h11-12,14-16H,5-10H2,1-4H3. The van der Waals surface area contributed by atoms with E-state index in [2.05, 4.69) is 19.2 Å². The molecule has 1 atom stereocenters. The van der Waals surface area contributed by atoms with Crippen molar-refractivity contribution in [1.29, 1.82) is 0 Å². The highest BCUT2D eigenvalue weighted by Crippen LogP contribution is 2.14. The monoisotopic (exact) mass is 231 g/mol. The summed E-state index contributed by atoms with van der Waals surface area (Å²) in [5.74, 6) is 0.365. The lowest BCUT2D eigenvalue weighted by molar-refractivity contribution is 0.0259. The van der Waals surface area contributed by atoms with Crippen molar-refractivity contribution in [3.63, 3.8) is 0 Å². The number of hydrogen-bond acceptors (Lipinski definition) is 3. The first kappa shape index (κ1) is 15.9. The molecule has 0 aromatic rings. The molecule has 0 bridgehead atoms. The Morgan fingerprint density at radius 3 is 1.94 bits per heavy atom. The Balaban J connectivity index is 3.88. The molecule has 0 heterocycles. The largest absolute Gasteiger partial charge is 0.392 e. The van der Waals surface area contributed by atoms with Crippen LogP contribution in [0.15, 0.2) is 0 Å². The summed E-state index contributed by atoms with van der Waals surface area (Å²) >= 11 is 0. The fourth-order valence-electron chi connectivity index (χ4n) is 1.95. The SMILES string of the molecule is CCC(CC)C(O)CNCC(O)(CC)CC. The van der Waals surface area contributed by atoms with E-state index in [0.717, 1.165) is 25.7 Å². The molecule has 0 aliphatic heterocycles. The number of rotatable bonds is 9. The highest BCUT2D eigenvalue weighted by molar-refractivity contribution is 4.79. The van der Waals surface area contributed by atoms with Crippen LogP contribution in [0.25, 0.3) is 0 Å². The number of nitrogens with one attached hydrogen (secondary N) is 1. The highest BCUT2D eigenvalue weighted by atomic mass is 16.3. The van der Waals surface area contributed by atoms with E-state index in [0.29, 0.717) is 19.0 Å². The van der Waals surface area contributed by atoms with Gasteiger partial charge in [-0.2, -0.15) is 0 Å². The Kier molecular flexibility index (Phi) is 7.98. The lowest BCUT2D eigenvalue weighted by atomic mass is 9.95. The van der Waals surface area contributed by atoms with Crippen LogP contribution in [0.3, 0.4) is 0 Å². The smallest absolute Gasteiger partial charge is 0.0766 e. The van der Waals surface area contributed by atoms with Crippen molar-refractivity contribution in [2.45, 2.75) is 65.1 Å². The number of aliphatic hydroxyl groups excluding tert-OH is 1. The van der Waals surface area contributed by atoms with Crippen LogP contribution >= 0.6 is 0 Å². The van der Waals surface area contributed by atoms with E-state index >= 15 is 0 Å². The van der Waals surface area contributed by atoms with Gasteiger partial charge in [0.2, 0.25) is 0 Å². The van der Waals surface area contributed by atoms with E-state index in [1.54, 1.807) is 0 Å². The van der Waals surface area contributed by atoms with Gasteiger partial charge in [-0.05, 0) is 18.8 Å². The van der Waals surface area contributed by atoms with Gasteiger partial charge in [-0.15, -0.1) is 0 Å². The van der Waals surface area contributed by atoms with Crippen LogP contribution in [0.4, 0.5) is 0 Å². The zero-order chi connectivity index (χ0) is 12.6. The third-order valence-electron chi connectivity index (χ3n) is 3.72. The van der Waals surface area contributed by atoms with Crippen LogP contribution in [-0.4, -0.2) is 35.0 Å². The highest BCUT2D eigenvalue weighted by Gasteiger charge is 2.22. The lowest BCUT2D eigenvalue weighted by Crippen LogP contribution is -2.43. The quantitative estimate of drug-likeness (QED) is 0.568. The summed E-state index contributed by atoms with van der Waals surface area (Å²) in [4.78, 5) is 0. The fourth-order valence-corrected chi connectivity index (χ4v) is 1.95. The minimum absolute atomic E-state index is 0.298. The van der Waals surface area contributed by atoms with Gasteiger partial charge in [0.1, 0.15) is 0 Å². The molecular weight excluding hydrogens is 202 g/mol. The van der Waals surface area contributed by atoms with Gasteiger partial charge in [0.25, 0.3) is 0 Å². The van der Waals surface area contributed by atoms with Crippen molar-refractivity contribution in [3.05, 3.63) is 0 Å². The summed E-state index contributed by atoms with van der Waals surface area (Å²) in [7, 11) is 0. The van der Waals surface area contributed by atoms with E-state index < -0.39 is 5.60 Å². The molecular formula is C13H29NO2. The first-order valence-electron chi connectivity index (χ1n) is 6.64. The maximum Gasteiger partial charge on any atom is 0.0766 e. The van der Waals surface area contributed by atoms with Gasteiger partial charge in [-0.3, -0.25) is 0 Å². The molecule has 0 saturated carbocycles. The van der Waals surface area contributed by atoms with Crippen LogP contribution in [0, 0.1) is 5.92 Å². The van der Waals surface area contributed by atoms with Crippen LogP contribution in [0.5, 0.6) is 0 Å². The Bertz CT molecular complexity index is 165. The Labute approximate surface area is 100 Å². The van der Waals surface area contributed by atoms with E-state index in [4.69, 9.17) is 0 Å². The summed E-state index contributed by atoms with van der Waals surface area (Å²) in [5, 5.41) is 23.1. The average Bonchev–Trinajstić information content (AvgIpc) is 2.30. The first-order valence-corrected chi connectivity index (χ1v) is 6.64. The van der Waals surface area contributed by atoms with Gasteiger partial charge < -0.3 is 15.5 Å². The molecule has 0 aliphatic carbocycles. The molecule has 0 rings (SSSR count). The van der Waals surface area contributed by atoms with Crippen molar-refractivity contribution in [2.24, 2.45) is 5.92 Å². The Hall–Kier alpha value is -0.120. The summed E-state index contributed by atoms with van der Waals surface area (Å²) in [6.07, 6.45) is 3.21. The predicted octanol–water partition coefficient (Wildman–Crippen LogP) is 1.92. The van der Waals surface area contributed by atoms with E-state index in [9.17, 15) is 10.2 Å². The Morgan fingerprint density at radius 2 is 1.56 bits per heavy atom. The zero-order valence-electron chi connectivity index (χ0n) is 11.3. The van der Waals surface area contributed by atoms with Crippen molar-refractivity contribution in [1.82, 2.24) is 5.32 Å². The van der Waals surface area contributed by atoms with Gasteiger partial charge in [0.05, 0.1) is 11.7 Å². The third kappa shape index (κ3) is 5.28. The second kappa shape index (κ2) is 8.04. The van der Waals surface area contributed by atoms with E-state index in [1.165, 1.54) is 0 Å². The van der Waals surface area contributed by atoms with E-state index in [-0.39, 0.29) is 6.10 Å². The minimum atomic E-state index is -0.617. The zero-order valence-corrected chi connectivity index (χ0v) is 11.3. The topological polar surface area (TPSA) is 52.5 Å². The molecule has 0 radical (unpaired) electrons. The van der Waals surface area contributed by atoms with Gasteiger partial charge in [0, 0.05) is 13.1 Å². The van der Waals surface area contributed by atoms with Crippen LogP contribution < -0.4 is 5.32 Å². The normalized spacial score (nSPS) is 14.4.